The summed E-state index contributed by atoms with van der Waals surface area (Å²) in [5.74, 6) is 0.512. The minimum absolute atomic E-state index is 0.0528. The molecular formula is C28H27Cl2N5OS. The number of nitrogens with one attached hydrogen (secondary N) is 1. The van der Waals surface area contributed by atoms with E-state index in [-0.39, 0.29) is 17.1 Å². The van der Waals surface area contributed by atoms with Gasteiger partial charge in [0.05, 0.1) is 22.0 Å². The molecule has 0 radical (unpaired) electrons. The Balaban J connectivity index is 1.55. The predicted molar refractivity (Wildman–Crippen MR) is 153 cm³/mol. The Labute approximate surface area is 231 Å². The molecule has 1 aromatic heterocycles. The summed E-state index contributed by atoms with van der Waals surface area (Å²) >= 11 is 13.6. The molecule has 9 heteroatoms. The van der Waals surface area contributed by atoms with E-state index >= 15 is 0 Å². The largest absolute Gasteiger partial charge is 0.272 e. The Kier molecular flexibility index (Phi) is 8.37. The van der Waals surface area contributed by atoms with Crippen LogP contribution in [0.2, 0.25) is 10.0 Å². The molecule has 0 unspecified atom stereocenters. The fraction of sp³-hybridized carbons (Fsp3) is 0.214. The van der Waals surface area contributed by atoms with Crippen LogP contribution in [0.15, 0.2) is 77.0 Å². The van der Waals surface area contributed by atoms with Crippen LogP contribution in [0, 0.1) is 6.92 Å². The third kappa shape index (κ3) is 6.60. The standard InChI is InChI=1S/C28H27Cl2N5OS/c1-18-8-14-21(15-9-18)35-26(19-10-12-20(13-11-19)28(2,3)4)33-34-27(35)37-17-25(36)32-31-16-22-23(29)6-5-7-24(22)30/h5-16H,17H2,1-4H3,(H,32,36)/b31-16-. The Hall–Kier alpha value is -3.13. The average molecular weight is 553 g/mol. The number of hydrazone groups is 1. The molecule has 0 fully saturated rings. The van der Waals surface area contributed by atoms with Crippen molar-refractivity contribution in [2.45, 2.75) is 38.3 Å². The van der Waals surface area contributed by atoms with Gasteiger partial charge in [0.2, 0.25) is 0 Å². The molecule has 1 heterocycles. The highest BCUT2D eigenvalue weighted by atomic mass is 35.5. The smallest absolute Gasteiger partial charge is 0.250 e. The van der Waals surface area contributed by atoms with Crippen LogP contribution in [0.4, 0.5) is 0 Å². The number of nitrogens with zero attached hydrogens (tertiary/aromatic N) is 4. The quantitative estimate of drug-likeness (QED) is 0.151. The highest BCUT2D eigenvalue weighted by molar-refractivity contribution is 7.99. The summed E-state index contributed by atoms with van der Waals surface area (Å²) in [5, 5.41) is 14.4. The Morgan fingerprint density at radius 3 is 2.27 bits per heavy atom. The van der Waals surface area contributed by atoms with Crippen LogP contribution in [-0.2, 0) is 10.2 Å². The van der Waals surface area contributed by atoms with Crippen molar-refractivity contribution in [3.8, 4) is 17.1 Å². The number of amides is 1. The molecule has 1 N–H and O–H groups in total. The summed E-state index contributed by atoms with van der Waals surface area (Å²) in [7, 11) is 0. The topological polar surface area (TPSA) is 72.2 Å². The molecule has 0 saturated carbocycles. The molecule has 0 bridgehead atoms. The van der Waals surface area contributed by atoms with Gasteiger partial charge >= 0.3 is 0 Å². The van der Waals surface area contributed by atoms with E-state index in [9.17, 15) is 4.79 Å². The van der Waals surface area contributed by atoms with Crippen LogP contribution in [0.25, 0.3) is 17.1 Å². The maximum absolute atomic E-state index is 12.5. The van der Waals surface area contributed by atoms with Crippen molar-refractivity contribution in [2.75, 3.05) is 5.75 Å². The van der Waals surface area contributed by atoms with E-state index in [0.717, 1.165) is 16.8 Å². The lowest BCUT2D eigenvalue weighted by Gasteiger charge is -2.19. The predicted octanol–water partition coefficient (Wildman–Crippen LogP) is 7.09. The zero-order valence-corrected chi connectivity index (χ0v) is 23.3. The number of hydrogen-bond donors (Lipinski definition) is 1. The highest BCUT2D eigenvalue weighted by Crippen LogP contribution is 2.30. The van der Waals surface area contributed by atoms with E-state index < -0.39 is 0 Å². The zero-order valence-electron chi connectivity index (χ0n) is 21.0. The van der Waals surface area contributed by atoms with Gasteiger partial charge in [0.15, 0.2) is 11.0 Å². The second-order valence-electron chi connectivity index (χ2n) is 9.52. The number of benzene rings is 3. The van der Waals surface area contributed by atoms with Crippen LogP contribution in [0.5, 0.6) is 0 Å². The van der Waals surface area contributed by atoms with Gasteiger partial charge in [0.1, 0.15) is 0 Å². The van der Waals surface area contributed by atoms with Crippen LogP contribution in [0.1, 0.15) is 37.5 Å². The summed E-state index contributed by atoms with van der Waals surface area (Å²) < 4.78 is 1.97. The molecule has 0 aliphatic rings. The second-order valence-corrected chi connectivity index (χ2v) is 11.3. The van der Waals surface area contributed by atoms with Crippen molar-refractivity contribution < 1.29 is 4.79 Å². The fourth-order valence-electron chi connectivity index (χ4n) is 3.56. The van der Waals surface area contributed by atoms with Gasteiger partial charge in [-0.2, -0.15) is 5.10 Å². The number of hydrogen-bond acceptors (Lipinski definition) is 5. The lowest BCUT2D eigenvalue weighted by molar-refractivity contribution is -0.118. The third-order valence-electron chi connectivity index (χ3n) is 5.65. The molecule has 4 rings (SSSR count). The number of carbonyl (C=O) groups excluding carboxylic acids is 1. The molecule has 0 aliphatic heterocycles. The van der Waals surface area contributed by atoms with Gasteiger partial charge in [-0.05, 0) is 42.2 Å². The summed E-state index contributed by atoms with van der Waals surface area (Å²) in [4.78, 5) is 12.5. The highest BCUT2D eigenvalue weighted by Gasteiger charge is 2.19. The monoisotopic (exact) mass is 551 g/mol. The maximum atomic E-state index is 12.5. The molecule has 0 spiro atoms. The van der Waals surface area contributed by atoms with Gasteiger partial charge in [0, 0.05) is 16.8 Å². The Morgan fingerprint density at radius 1 is 1.00 bits per heavy atom. The first-order chi connectivity index (χ1) is 17.6. The van der Waals surface area contributed by atoms with Crippen molar-refractivity contribution in [3.05, 3.63) is 93.5 Å². The van der Waals surface area contributed by atoms with E-state index in [0.29, 0.717) is 26.6 Å². The van der Waals surface area contributed by atoms with Crippen molar-refractivity contribution in [1.82, 2.24) is 20.2 Å². The van der Waals surface area contributed by atoms with E-state index in [1.54, 1.807) is 18.2 Å². The van der Waals surface area contributed by atoms with Crippen molar-refractivity contribution in [1.29, 1.82) is 0 Å². The number of thioether (sulfide) groups is 1. The molecular weight excluding hydrogens is 525 g/mol. The van der Waals surface area contributed by atoms with E-state index in [4.69, 9.17) is 23.2 Å². The first kappa shape index (κ1) is 26.9. The lowest BCUT2D eigenvalue weighted by Crippen LogP contribution is -2.20. The summed E-state index contributed by atoms with van der Waals surface area (Å²) in [6.07, 6.45) is 1.43. The molecule has 0 atom stereocenters. The Bertz CT molecular complexity index is 1400. The van der Waals surface area contributed by atoms with Gasteiger partial charge in [-0.3, -0.25) is 9.36 Å². The first-order valence-electron chi connectivity index (χ1n) is 11.7. The molecule has 3 aromatic carbocycles. The molecule has 37 heavy (non-hydrogen) atoms. The molecule has 0 saturated heterocycles. The summed E-state index contributed by atoms with van der Waals surface area (Å²) in [5.41, 5.74) is 7.36. The summed E-state index contributed by atoms with van der Waals surface area (Å²) in [6.45, 7) is 8.59. The average Bonchev–Trinajstić information content (AvgIpc) is 3.28. The zero-order chi connectivity index (χ0) is 26.6. The SMILES string of the molecule is Cc1ccc(-n2c(SCC(=O)N/N=C\c3c(Cl)cccc3Cl)nnc2-c2ccc(C(C)(C)C)cc2)cc1. The van der Waals surface area contributed by atoms with Gasteiger partial charge in [-0.25, -0.2) is 5.43 Å². The molecule has 4 aromatic rings. The molecule has 1 amide bonds. The van der Waals surface area contributed by atoms with E-state index in [1.807, 2.05) is 35.8 Å². The van der Waals surface area contributed by atoms with Crippen LogP contribution < -0.4 is 5.43 Å². The lowest BCUT2D eigenvalue weighted by atomic mass is 9.87. The normalized spacial score (nSPS) is 11.7. The van der Waals surface area contributed by atoms with Gasteiger partial charge < -0.3 is 0 Å². The summed E-state index contributed by atoms with van der Waals surface area (Å²) in [6, 6.07) is 21.6. The van der Waals surface area contributed by atoms with Crippen molar-refractivity contribution >= 4 is 47.1 Å². The number of aromatic nitrogens is 3. The number of aryl methyl sites for hydroxylation is 1. The van der Waals surface area contributed by atoms with Gasteiger partial charge in [-0.1, -0.05) is 104 Å². The fourth-order valence-corrected chi connectivity index (χ4v) is 4.80. The number of carbonyl (C=O) groups is 1. The first-order valence-corrected chi connectivity index (χ1v) is 13.4. The van der Waals surface area contributed by atoms with Crippen LogP contribution >= 0.6 is 35.0 Å². The number of rotatable bonds is 7. The van der Waals surface area contributed by atoms with Crippen LogP contribution in [-0.4, -0.2) is 32.6 Å². The van der Waals surface area contributed by atoms with Gasteiger partial charge in [-0.15, -0.1) is 10.2 Å². The van der Waals surface area contributed by atoms with Crippen molar-refractivity contribution in [2.24, 2.45) is 5.10 Å². The van der Waals surface area contributed by atoms with Gasteiger partial charge in [0.25, 0.3) is 5.91 Å². The molecule has 0 aliphatic carbocycles. The minimum atomic E-state index is -0.293. The van der Waals surface area contributed by atoms with Crippen LogP contribution in [0.3, 0.4) is 0 Å². The van der Waals surface area contributed by atoms with Crippen molar-refractivity contribution in [3.63, 3.8) is 0 Å². The maximum Gasteiger partial charge on any atom is 0.250 e. The third-order valence-corrected chi connectivity index (χ3v) is 7.24. The van der Waals surface area contributed by atoms with E-state index in [2.05, 4.69) is 65.8 Å². The molecule has 6 nitrogen and oxygen atoms in total. The van der Waals surface area contributed by atoms with E-state index in [1.165, 1.54) is 23.5 Å². The number of halogens is 2. The minimum Gasteiger partial charge on any atom is -0.272 e. The molecule has 190 valence electrons. The Morgan fingerprint density at radius 2 is 1.65 bits per heavy atom. The second kappa shape index (κ2) is 11.5.